The van der Waals surface area contributed by atoms with Crippen LogP contribution in [0.3, 0.4) is 0 Å². The highest BCUT2D eigenvalue weighted by Gasteiger charge is 2.23. The van der Waals surface area contributed by atoms with Crippen LogP contribution in [0.4, 0.5) is 10.8 Å². The van der Waals surface area contributed by atoms with Crippen molar-refractivity contribution in [3.05, 3.63) is 46.0 Å². The van der Waals surface area contributed by atoms with Gasteiger partial charge in [-0.2, -0.15) is 0 Å². The summed E-state index contributed by atoms with van der Waals surface area (Å²) in [6.07, 6.45) is 4.70. The number of thiazole rings is 1. The summed E-state index contributed by atoms with van der Waals surface area (Å²) in [4.78, 5) is 30.8. The molecule has 1 fully saturated rings. The largest absolute Gasteiger partial charge is 0.294 e. The zero-order valence-corrected chi connectivity index (χ0v) is 16.5. The fourth-order valence-electron chi connectivity index (χ4n) is 3.23. The lowest BCUT2D eigenvalue weighted by molar-refractivity contribution is -0.120. The van der Waals surface area contributed by atoms with E-state index < -0.39 is 0 Å². The van der Waals surface area contributed by atoms with Crippen molar-refractivity contribution in [2.24, 2.45) is 5.92 Å². The number of anilines is 2. The summed E-state index contributed by atoms with van der Waals surface area (Å²) in [5, 5.41) is 2.54. The number of aryl methyl sites for hydroxylation is 2. The van der Waals surface area contributed by atoms with Crippen molar-refractivity contribution >= 4 is 39.9 Å². The van der Waals surface area contributed by atoms with Gasteiger partial charge in [-0.15, -0.1) is 11.3 Å². The number of nitrogens with zero attached hydrogens (tertiary/aromatic N) is 2. The second-order valence-corrected chi connectivity index (χ2v) is 7.84. The summed E-state index contributed by atoms with van der Waals surface area (Å²) >= 11 is 1.42. The van der Waals surface area contributed by atoms with Gasteiger partial charge in [0.2, 0.25) is 5.91 Å². The summed E-state index contributed by atoms with van der Waals surface area (Å²) in [5.41, 5.74) is 4.73. The van der Waals surface area contributed by atoms with Crippen LogP contribution >= 0.6 is 11.3 Å². The van der Waals surface area contributed by atoms with E-state index in [0.717, 1.165) is 41.8 Å². The standard InChI is InChI=1S/C21H24N2O2S/c1-13-8-9-19(10-15(13)3)23(16(4)24)21-22-18(12-26-21)11-17-7-5-6-14(2)20(17)25/h8-12,14H,5-7H2,1-4H3/b17-11-/t14-/m1/s1. The molecule has 26 heavy (non-hydrogen) atoms. The first-order chi connectivity index (χ1) is 12.4. The van der Waals surface area contributed by atoms with E-state index in [1.165, 1.54) is 16.9 Å². The van der Waals surface area contributed by atoms with Gasteiger partial charge in [-0.1, -0.05) is 13.0 Å². The number of amides is 1. The third kappa shape index (κ3) is 3.78. The minimum Gasteiger partial charge on any atom is -0.294 e. The third-order valence-electron chi connectivity index (χ3n) is 4.93. The fraction of sp³-hybridized carbons (Fsp3) is 0.381. The summed E-state index contributed by atoms with van der Waals surface area (Å²) < 4.78 is 0. The Kier molecular flexibility index (Phi) is 5.37. The molecule has 0 bridgehead atoms. The number of Topliss-reactive ketones (excluding diaryl/α,β-unsaturated/α-hetero) is 1. The molecule has 0 radical (unpaired) electrons. The van der Waals surface area contributed by atoms with Crippen molar-refractivity contribution in [3.8, 4) is 0 Å². The van der Waals surface area contributed by atoms with Gasteiger partial charge < -0.3 is 0 Å². The van der Waals surface area contributed by atoms with E-state index in [1.54, 1.807) is 11.8 Å². The molecule has 1 atom stereocenters. The zero-order valence-electron chi connectivity index (χ0n) is 15.7. The molecule has 1 aromatic carbocycles. The minimum atomic E-state index is -0.0795. The van der Waals surface area contributed by atoms with E-state index in [4.69, 9.17) is 0 Å². The van der Waals surface area contributed by atoms with Crippen LogP contribution < -0.4 is 4.90 Å². The van der Waals surface area contributed by atoms with Crippen LogP contribution in [-0.4, -0.2) is 16.7 Å². The molecule has 0 aliphatic heterocycles. The molecule has 136 valence electrons. The summed E-state index contributed by atoms with van der Waals surface area (Å²) in [6.45, 7) is 7.61. The monoisotopic (exact) mass is 368 g/mol. The van der Waals surface area contributed by atoms with Gasteiger partial charge in [0.25, 0.3) is 0 Å². The highest BCUT2D eigenvalue weighted by molar-refractivity contribution is 7.14. The molecule has 0 unspecified atom stereocenters. The molecular formula is C21H24N2O2S. The molecule has 1 saturated carbocycles. The highest BCUT2D eigenvalue weighted by atomic mass is 32.1. The van der Waals surface area contributed by atoms with Gasteiger partial charge in [-0.25, -0.2) is 4.98 Å². The maximum atomic E-state index is 12.3. The zero-order chi connectivity index (χ0) is 18.8. The molecule has 1 aliphatic carbocycles. The molecular weight excluding hydrogens is 344 g/mol. The van der Waals surface area contributed by atoms with Gasteiger partial charge in [0, 0.05) is 18.2 Å². The summed E-state index contributed by atoms with van der Waals surface area (Å²) in [5.74, 6) is 0.241. The average molecular weight is 369 g/mol. The lowest BCUT2D eigenvalue weighted by atomic mass is 9.85. The Hall–Kier alpha value is -2.27. The van der Waals surface area contributed by atoms with E-state index in [0.29, 0.717) is 5.13 Å². The number of carbonyl (C=O) groups is 2. The first-order valence-electron chi connectivity index (χ1n) is 8.95. The molecule has 0 N–H and O–H groups in total. The number of benzene rings is 1. The SMILES string of the molecule is CC(=O)N(c1ccc(C)c(C)c1)c1nc(/C=C2/CCC[C@@H](C)C2=O)cs1. The van der Waals surface area contributed by atoms with Crippen LogP contribution in [0.25, 0.3) is 6.08 Å². The van der Waals surface area contributed by atoms with Crippen molar-refractivity contribution in [3.63, 3.8) is 0 Å². The average Bonchev–Trinajstić information content (AvgIpc) is 3.03. The van der Waals surface area contributed by atoms with Gasteiger partial charge >= 0.3 is 0 Å². The molecule has 1 aromatic heterocycles. The van der Waals surface area contributed by atoms with Crippen molar-refractivity contribution in [2.75, 3.05) is 4.90 Å². The number of aromatic nitrogens is 1. The Morgan fingerprint density at radius 1 is 1.31 bits per heavy atom. The molecule has 5 heteroatoms. The topological polar surface area (TPSA) is 50.3 Å². The highest BCUT2D eigenvalue weighted by Crippen LogP contribution is 2.32. The quantitative estimate of drug-likeness (QED) is 0.698. The number of carbonyl (C=O) groups excluding carboxylic acids is 2. The molecule has 4 nitrogen and oxygen atoms in total. The normalized spacial score (nSPS) is 19.0. The second-order valence-electron chi connectivity index (χ2n) is 7.01. The van der Waals surface area contributed by atoms with Gasteiger partial charge in [0.05, 0.1) is 11.4 Å². The van der Waals surface area contributed by atoms with Gasteiger partial charge in [-0.3, -0.25) is 14.5 Å². The van der Waals surface area contributed by atoms with Crippen LogP contribution in [0, 0.1) is 19.8 Å². The Morgan fingerprint density at radius 2 is 2.08 bits per heavy atom. The molecule has 0 spiro atoms. The van der Waals surface area contributed by atoms with Crippen molar-refractivity contribution < 1.29 is 9.59 Å². The molecule has 2 aromatic rings. The third-order valence-corrected chi connectivity index (χ3v) is 5.78. The number of hydrogen-bond donors (Lipinski definition) is 0. The van der Waals surface area contributed by atoms with Crippen molar-refractivity contribution in [1.29, 1.82) is 0 Å². The van der Waals surface area contributed by atoms with Crippen LogP contribution in [-0.2, 0) is 9.59 Å². The van der Waals surface area contributed by atoms with E-state index in [9.17, 15) is 9.59 Å². The number of ketones is 1. The van der Waals surface area contributed by atoms with E-state index in [1.807, 2.05) is 50.4 Å². The summed E-state index contributed by atoms with van der Waals surface area (Å²) in [7, 11) is 0. The molecule has 1 heterocycles. The van der Waals surface area contributed by atoms with Crippen LogP contribution in [0.15, 0.2) is 29.2 Å². The van der Waals surface area contributed by atoms with Crippen LogP contribution in [0.5, 0.6) is 0 Å². The second kappa shape index (κ2) is 7.54. The lowest BCUT2D eigenvalue weighted by Gasteiger charge is -2.19. The Bertz CT molecular complexity index is 882. The maximum absolute atomic E-state index is 12.3. The van der Waals surface area contributed by atoms with Gasteiger partial charge in [0.1, 0.15) is 0 Å². The molecule has 3 rings (SSSR count). The van der Waals surface area contributed by atoms with Crippen LogP contribution in [0.2, 0.25) is 0 Å². The van der Waals surface area contributed by atoms with E-state index >= 15 is 0 Å². The van der Waals surface area contributed by atoms with Crippen LogP contribution in [0.1, 0.15) is 49.9 Å². The predicted octanol–water partition coefficient (Wildman–Crippen LogP) is 5.22. The molecule has 1 aliphatic rings. The summed E-state index contributed by atoms with van der Waals surface area (Å²) in [6, 6.07) is 5.96. The van der Waals surface area contributed by atoms with E-state index in [-0.39, 0.29) is 17.6 Å². The molecule has 0 saturated heterocycles. The fourth-order valence-corrected chi connectivity index (χ4v) is 4.07. The smallest absolute Gasteiger partial charge is 0.230 e. The maximum Gasteiger partial charge on any atom is 0.230 e. The van der Waals surface area contributed by atoms with Gasteiger partial charge in [-0.05, 0) is 68.0 Å². The number of rotatable bonds is 3. The Morgan fingerprint density at radius 3 is 2.77 bits per heavy atom. The predicted molar refractivity (Wildman–Crippen MR) is 107 cm³/mol. The first kappa shape index (κ1) is 18.5. The van der Waals surface area contributed by atoms with Crippen molar-refractivity contribution in [1.82, 2.24) is 4.98 Å². The number of allylic oxidation sites excluding steroid dienone is 1. The molecule has 1 amide bonds. The first-order valence-corrected chi connectivity index (χ1v) is 9.83. The van der Waals surface area contributed by atoms with E-state index in [2.05, 4.69) is 4.98 Å². The minimum absolute atomic E-state index is 0.0795. The number of hydrogen-bond acceptors (Lipinski definition) is 4. The van der Waals surface area contributed by atoms with Gasteiger partial charge in [0.15, 0.2) is 10.9 Å². The van der Waals surface area contributed by atoms with Crippen molar-refractivity contribution in [2.45, 2.75) is 47.0 Å². The Labute approximate surface area is 158 Å². The lowest BCUT2D eigenvalue weighted by Crippen LogP contribution is -2.22. The Balaban J connectivity index is 1.92.